The van der Waals surface area contributed by atoms with Gasteiger partial charge >= 0.3 is 0 Å². The summed E-state index contributed by atoms with van der Waals surface area (Å²) < 4.78 is 11.8. The molecule has 0 aliphatic heterocycles. The van der Waals surface area contributed by atoms with Crippen LogP contribution in [0.25, 0.3) is 11.1 Å². The normalized spacial score (nSPS) is 12.0. The molecule has 26 heavy (non-hydrogen) atoms. The standard InChI is InChI=1S/C23H33NO2/c1-4-6-7-8-11-19(3)18-26-22-13-10-9-12-21(22)20-14-15-24-23(17-20)25-16-5-2/h9-10,12-15,17,19H,4-8,11,16,18H2,1-3H3. The van der Waals surface area contributed by atoms with Crippen molar-refractivity contribution in [1.82, 2.24) is 4.98 Å². The minimum Gasteiger partial charge on any atom is -0.493 e. The van der Waals surface area contributed by atoms with Crippen molar-refractivity contribution in [3.63, 3.8) is 0 Å². The third kappa shape index (κ3) is 6.70. The van der Waals surface area contributed by atoms with Gasteiger partial charge in [-0.2, -0.15) is 0 Å². The zero-order valence-corrected chi connectivity index (χ0v) is 16.5. The van der Waals surface area contributed by atoms with Gasteiger partial charge in [-0.15, -0.1) is 0 Å². The average Bonchev–Trinajstić information content (AvgIpc) is 2.68. The monoisotopic (exact) mass is 355 g/mol. The summed E-state index contributed by atoms with van der Waals surface area (Å²) >= 11 is 0. The first-order valence-corrected chi connectivity index (χ1v) is 10.1. The van der Waals surface area contributed by atoms with E-state index in [1.54, 1.807) is 6.20 Å². The second kappa shape index (κ2) is 11.6. The number of unbranched alkanes of at least 4 members (excludes halogenated alkanes) is 3. The van der Waals surface area contributed by atoms with Crippen LogP contribution in [0.3, 0.4) is 0 Å². The van der Waals surface area contributed by atoms with Gasteiger partial charge in [0.25, 0.3) is 0 Å². The van der Waals surface area contributed by atoms with E-state index >= 15 is 0 Å². The van der Waals surface area contributed by atoms with Crippen molar-refractivity contribution in [3.8, 4) is 22.8 Å². The van der Waals surface area contributed by atoms with Crippen LogP contribution in [0.15, 0.2) is 42.6 Å². The van der Waals surface area contributed by atoms with Gasteiger partial charge in [0, 0.05) is 17.8 Å². The third-order valence-corrected chi connectivity index (χ3v) is 4.46. The van der Waals surface area contributed by atoms with Crippen molar-refractivity contribution in [2.24, 2.45) is 5.92 Å². The molecule has 0 aliphatic carbocycles. The Bertz CT molecular complexity index is 642. The fourth-order valence-electron chi connectivity index (χ4n) is 2.93. The van der Waals surface area contributed by atoms with Crippen molar-refractivity contribution >= 4 is 0 Å². The maximum atomic E-state index is 6.17. The lowest BCUT2D eigenvalue weighted by atomic mass is 10.0. The summed E-state index contributed by atoms with van der Waals surface area (Å²) in [6, 6.07) is 12.2. The molecular weight excluding hydrogens is 322 g/mol. The van der Waals surface area contributed by atoms with Gasteiger partial charge in [0.1, 0.15) is 5.75 Å². The Morgan fingerprint density at radius 3 is 2.62 bits per heavy atom. The summed E-state index contributed by atoms with van der Waals surface area (Å²) in [4.78, 5) is 4.29. The van der Waals surface area contributed by atoms with Gasteiger partial charge in [-0.3, -0.25) is 0 Å². The van der Waals surface area contributed by atoms with Crippen molar-refractivity contribution in [3.05, 3.63) is 42.6 Å². The summed E-state index contributed by atoms with van der Waals surface area (Å²) in [5.41, 5.74) is 2.17. The lowest BCUT2D eigenvalue weighted by molar-refractivity contribution is 0.250. The Morgan fingerprint density at radius 2 is 1.81 bits per heavy atom. The molecule has 1 aromatic carbocycles. The molecule has 142 valence electrons. The Kier molecular flexibility index (Phi) is 9.02. The third-order valence-electron chi connectivity index (χ3n) is 4.46. The van der Waals surface area contributed by atoms with Crippen LogP contribution < -0.4 is 9.47 Å². The van der Waals surface area contributed by atoms with Crippen LogP contribution in [0.5, 0.6) is 11.6 Å². The molecule has 0 aliphatic rings. The highest BCUT2D eigenvalue weighted by Gasteiger charge is 2.10. The molecule has 1 atom stereocenters. The second-order valence-electron chi connectivity index (χ2n) is 6.99. The van der Waals surface area contributed by atoms with E-state index in [0.29, 0.717) is 18.4 Å². The van der Waals surface area contributed by atoms with Crippen molar-refractivity contribution in [2.75, 3.05) is 13.2 Å². The molecule has 0 radical (unpaired) electrons. The fraction of sp³-hybridized carbons (Fsp3) is 0.522. The minimum atomic E-state index is 0.570. The number of pyridine rings is 1. The minimum absolute atomic E-state index is 0.570. The van der Waals surface area contributed by atoms with Crippen LogP contribution in [0, 0.1) is 5.92 Å². The number of nitrogens with zero attached hydrogens (tertiary/aromatic N) is 1. The van der Waals surface area contributed by atoms with E-state index in [1.807, 2.05) is 30.3 Å². The fourth-order valence-corrected chi connectivity index (χ4v) is 2.93. The van der Waals surface area contributed by atoms with Gasteiger partial charge in [0.05, 0.1) is 13.2 Å². The largest absolute Gasteiger partial charge is 0.493 e. The Labute approximate surface area is 158 Å². The van der Waals surface area contributed by atoms with Crippen LogP contribution in [-0.4, -0.2) is 18.2 Å². The first-order chi connectivity index (χ1) is 12.7. The summed E-state index contributed by atoms with van der Waals surface area (Å²) in [5, 5.41) is 0. The molecule has 0 saturated heterocycles. The number of benzene rings is 1. The maximum absolute atomic E-state index is 6.17. The van der Waals surface area contributed by atoms with Crippen LogP contribution in [0.4, 0.5) is 0 Å². The molecule has 0 spiro atoms. The number of ether oxygens (including phenoxy) is 2. The summed E-state index contributed by atoms with van der Waals surface area (Å²) in [7, 11) is 0. The molecule has 0 saturated carbocycles. The van der Waals surface area contributed by atoms with Gasteiger partial charge in [-0.25, -0.2) is 4.98 Å². The van der Waals surface area contributed by atoms with Crippen LogP contribution >= 0.6 is 0 Å². The smallest absolute Gasteiger partial charge is 0.213 e. The first kappa shape index (κ1) is 20.3. The van der Waals surface area contributed by atoms with Crippen molar-refractivity contribution in [1.29, 1.82) is 0 Å². The Morgan fingerprint density at radius 1 is 0.962 bits per heavy atom. The van der Waals surface area contributed by atoms with E-state index in [2.05, 4.69) is 31.8 Å². The van der Waals surface area contributed by atoms with Crippen LogP contribution in [0.1, 0.15) is 59.3 Å². The topological polar surface area (TPSA) is 31.4 Å². The van der Waals surface area contributed by atoms with Gasteiger partial charge < -0.3 is 9.47 Å². The molecule has 1 aromatic heterocycles. The van der Waals surface area contributed by atoms with Crippen molar-refractivity contribution < 1.29 is 9.47 Å². The van der Waals surface area contributed by atoms with Gasteiger partial charge in [0.15, 0.2) is 0 Å². The second-order valence-corrected chi connectivity index (χ2v) is 6.99. The summed E-state index contributed by atoms with van der Waals surface area (Å²) in [6.07, 6.45) is 9.24. The van der Waals surface area contributed by atoms with Crippen LogP contribution in [-0.2, 0) is 0 Å². The molecule has 0 amide bonds. The zero-order chi connectivity index (χ0) is 18.6. The zero-order valence-electron chi connectivity index (χ0n) is 16.5. The maximum Gasteiger partial charge on any atom is 0.213 e. The van der Waals surface area contributed by atoms with Crippen molar-refractivity contribution in [2.45, 2.75) is 59.3 Å². The molecule has 3 nitrogen and oxygen atoms in total. The van der Waals surface area contributed by atoms with E-state index < -0.39 is 0 Å². The lowest BCUT2D eigenvalue weighted by Gasteiger charge is -2.16. The molecule has 0 bridgehead atoms. The molecule has 1 unspecified atom stereocenters. The van der Waals surface area contributed by atoms with E-state index in [4.69, 9.17) is 9.47 Å². The molecule has 2 rings (SSSR count). The average molecular weight is 356 g/mol. The Hall–Kier alpha value is -2.03. The highest BCUT2D eigenvalue weighted by molar-refractivity contribution is 5.70. The highest BCUT2D eigenvalue weighted by atomic mass is 16.5. The number of rotatable bonds is 12. The number of aromatic nitrogens is 1. The number of para-hydroxylation sites is 1. The Balaban J connectivity index is 1.99. The van der Waals surface area contributed by atoms with Gasteiger partial charge in [0.2, 0.25) is 5.88 Å². The van der Waals surface area contributed by atoms with E-state index in [-0.39, 0.29) is 0 Å². The van der Waals surface area contributed by atoms with Gasteiger partial charge in [-0.05, 0) is 36.5 Å². The van der Waals surface area contributed by atoms with E-state index in [9.17, 15) is 0 Å². The quantitative estimate of drug-likeness (QED) is 0.406. The molecule has 1 heterocycles. The lowest BCUT2D eigenvalue weighted by Crippen LogP contribution is -2.09. The van der Waals surface area contributed by atoms with E-state index in [1.165, 1.54) is 32.1 Å². The summed E-state index contributed by atoms with van der Waals surface area (Å²) in [6.45, 7) is 8.06. The van der Waals surface area contributed by atoms with E-state index in [0.717, 1.165) is 29.9 Å². The molecule has 0 fully saturated rings. The predicted molar refractivity (Wildman–Crippen MR) is 109 cm³/mol. The number of hydrogen-bond acceptors (Lipinski definition) is 3. The molecule has 3 heteroatoms. The van der Waals surface area contributed by atoms with Gasteiger partial charge in [-0.1, -0.05) is 64.7 Å². The number of hydrogen-bond donors (Lipinski definition) is 0. The SMILES string of the molecule is CCCCCCC(C)COc1ccccc1-c1ccnc(OCCC)c1. The molecule has 2 aromatic rings. The van der Waals surface area contributed by atoms with Crippen LogP contribution in [0.2, 0.25) is 0 Å². The first-order valence-electron chi connectivity index (χ1n) is 10.1. The molecule has 0 N–H and O–H groups in total. The molecular formula is C23H33NO2. The predicted octanol–water partition coefficient (Wildman–Crippen LogP) is 6.52. The highest BCUT2D eigenvalue weighted by Crippen LogP contribution is 2.31. The summed E-state index contributed by atoms with van der Waals surface area (Å²) in [5.74, 6) is 2.17.